The molecule has 8 heteroatoms. The lowest BCUT2D eigenvalue weighted by atomic mass is 10.1. The second-order valence-corrected chi connectivity index (χ2v) is 9.73. The van der Waals surface area contributed by atoms with Crippen molar-refractivity contribution < 1.29 is 18.0 Å². The maximum Gasteiger partial charge on any atom is 0.241 e. The molecule has 1 aromatic carbocycles. The van der Waals surface area contributed by atoms with Crippen molar-refractivity contribution in [1.29, 1.82) is 0 Å². The number of carbonyl (C=O) groups is 2. The van der Waals surface area contributed by atoms with Crippen LogP contribution in [0.1, 0.15) is 20.8 Å². The monoisotopic (exact) mass is 393 g/mol. The van der Waals surface area contributed by atoms with Gasteiger partial charge in [0, 0.05) is 16.6 Å². The quantitative estimate of drug-likeness (QED) is 0.784. The summed E-state index contributed by atoms with van der Waals surface area (Å²) < 4.78 is 23.6. The van der Waals surface area contributed by atoms with Crippen molar-refractivity contribution in [1.82, 2.24) is 10.2 Å². The van der Waals surface area contributed by atoms with Gasteiger partial charge in [0.15, 0.2) is 9.84 Å². The SMILES string of the molecule is CN(CC(=O)NC(C)(C)C)CC(=O)N(c1ccccc1)[C@@H]1C=CS(=O)(=O)C1. The predicted molar refractivity (Wildman–Crippen MR) is 106 cm³/mol. The number of amides is 2. The van der Waals surface area contributed by atoms with Gasteiger partial charge in [-0.2, -0.15) is 0 Å². The van der Waals surface area contributed by atoms with Gasteiger partial charge in [0.25, 0.3) is 0 Å². The molecular formula is C19H27N3O4S. The predicted octanol–water partition coefficient (Wildman–Crippen LogP) is 1.18. The maximum atomic E-state index is 12.9. The van der Waals surface area contributed by atoms with Gasteiger partial charge >= 0.3 is 0 Å². The van der Waals surface area contributed by atoms with Gasteiger partial charge in [0.1, 0.15) is 0 Å². The zero-order valence-corrected chi connectivity index (χ0v) is 17.0. The van der Waals surface area contributed by atoms with Gasteiger partial charge in [-0.3, -0.25) is 14.5 Å². The van der Waals surface area contributed by atoms with Crippen LogP contribution in [-0.4, -0.2) is 62.6 Å². The van der Waals surface area contributed by atoms with Crippen molar-refractivity contribution in [2.45, 2.75) is 32.4 Å². The first-order valence-electron chi connectivity index (χ1n) is 8.74. The number of likely N-dealkylation sites (N-methyl/N-ethyl adjacent to an activating group) is 1. The van der Waals surface area contributed by atoms with Crippen molar-refractivity contribution in [3.05, 3.63) is 41.8 Å². The minimum absolute atomic E-state index is 0.00313. The molecule has 148 valence electrons. The average Bonchev–Trinajstić information content (AvgIpc) is 2.86. The highest BCUT2D eigenvalue weighted by Gasteiger charge is 2.31. The summed E-state index contributed by atoms with van der Waals surface area (Å²) in [7, 11) is -1.62. The highest BCUT2D eigenvalue weighted by molar-refractivity contribution is 7.94. The summed E-state index contributed by atoms with van der Waals surface area (Å²) in [5, 5.41) is 4.01. The molecule has 2 amide bonds. The summed E-state index contributed by atoms with van der Waals surface area (Å²) in [6.45, 7) is 5.74. The molecule has 0 radical (unpaired) electrons. The Balaban J connectivity index is 2.11. The largest absolute Gasteiger partial charge is 0.350 e. The highest BCUT2D eigenvalue weighted by atomic mass is 32.2. The number of nitrogens with zero attached hydrogens (tertiary/aromatic N) is 2. The number of hydrogen-bond donors (Lipinski definition) is 1. The second kappa shape index (κ2) is 8.22. The summed E-state index contributed by atoms with van der Waals surface area (Å²) in [4.78, 5) is 28.1. The number of rotatable bonds is 6. The van der Waals surface area contributed by atoms with Gasteiger partial charge in [-0.15, -0.1) is 0 Å². The first-order chi connectivity index (χ1) is 12.5. The Morgan fingerprint density at radius 1 is 1.15 bits per heavy atom. The van der Waals surface area contributed by atoms with Crippen LogP contribution in [0, 0.1) is 0 Å². The summed E-state index contributed by atoms with van der Waals surface area (Å²) in [5.74, 6) is -0.576. The number of carbonyl (C=O) groups excluding carboxylic acids is 2. The number of anilines is 1. The molecule has 2 rings (SSSR count). The van der Waals surface area contributed by atoms with Crippen molar-refractivity contribution in [3.8, 4) is 0 Å². The number of hydrogen-bond acceptors (Lipinski definition) is 5. The number of sulfone groups is 1. The fourth-order valence-corrected chi connectivity index (χ4v) is 4.16. The number of benzene rings is 1. The van der Waals surface area contributed by atoms with E-state index in [9.17, 15) is 18.0 Å². The van der Waals surface area contributed by atoms with Gasteiger partial charge in [0.05, 0.1) is 24.9 Å². The number of nitrogens with one attached hydrogen (secondary N) is 1. The van der Waals surface area contributed by atoms with E-state index in [4.69, 9.17) is 0 Å². The van der Waals surface area contributed by atoms with Crippen molar-refractivity contribution in [3.63, 3.8) is 0 Å². The average molecular weight is 394 g/mol. The molecule has 0 bridgehead atoms. The van der Waals surface area contributed by atoms with E-state index in [0.717, 1.165) is 5.41 Å². The minimum atomic E-state index is -3.30. The molecule has 0 aromatic heterocycles. The maximum absolute atomic E-state index is 12.9. The van der Waals surface area contributed by atoms with Crippen LogP contribution in [0.4, 0.5) is 5.69 Å². The van der Waals surface area contributed by atoms with Crippen LogP contribution in [0.25, 0.3) is 0 Å². The Morgan fingerprint density at radius 2 is 1.78 bits per heavy atom. The molecule has 1 heterocycles. The van der Waals surface area contributed by atoms with Gasteiger partial charge in [-0.25, -0.2) is 8.42 Å². The van der Waals surface area contributed by atoms with Crippen LogP contribution < -0.4 is 10.2 Å². The third kappa shape index (κ3) is 6.48. The summed E-state index contributed by atoms with van der Waals surface area (Å²) >= 11 is 0. The van der Waals surface area contributed by atoms with Gasteiger partial charge in [0.2, 0.25) is 11.8 Å². The second-order valence-electron chi connectivity index (χ2n) is 7.80. The van der Waals surface area contributed by atoms with E-state index in [0.29, 0.717) is 5.69 Å². The van der Waals surface area contributed by atoms with Crippen LogP contribution in [0.15, 0.2) is 41.8 Å². The Kier molecular flexibility index (Phi) is 6.43. The Labute approximate surface area is 160 Å². The molecule has 27 heavy (non-hydrogen) atoms. The molecule has 0 spiro atoms. The van der Waals surface area contributed by atoms with Gasteiger partial charge in [-0.1, -0.05) is 18.2 Å². The zero-order valence-electron chi connectivity index (χ0n) is 16.2. The Bertz CT molecular complexity index is 813. The molecule has 1 aliphatic heterocycles. The van der Waals surface area contributed by atoms with E-state index in [1.54, 1.807) is 36.2 Å². The van der Waals surface area contributed by atoms with E-state index >= 15 is 0 Å². The zero-order chi connectivity index (χ0) is 20.2. The van der Waals surface area contributed by atoms with Crippen LogP contribution in [0.5, 0.6) is 0 Å². The normalized spacial score (nSPS) is 18.5. The summed E-state index contributed by atoms with van der Waals surface area (Å²) in [5.41, 5.74) is 0.280. The Morgan fingerprint density at radius 3 is 2.30 bits per heavy atom. The van der Waals surface area contributed by atoms with E-state index in [-0.39, 0.29) is 36.2 Å². The topological polar surface area (TPSA) is 86.8 Å². The lowest BCUT2D eigenvalue weighted by Crippen LogP contribution is -2.49. The lowest BCUT2D eigenvalue weighted by Gasteiger charge is -2.30. The minimum Gasteiger partial charge on any atom is -0.350 e. The fourth-order valence-electron chi connectivity index (χ4n) is 2.90. The van der Waals surface area contributed by atoms with Crippen molar-refractivity contribution >= 4 is 27.3 Å². The fraction of sp³-hybridized carbons (Fsp3) is 0.474. The molecule has 0 fully saturated rings. The first kappa shape index (κ1) is 21.1. The van der Waals surface area contributed by atoms with Crippen molar-refractivity contribution in [2.75, 3.05) is 30.8 Å². The molecule has 1 aliphatic rings. The summed E-state index contributed by atoms with van der Waals surface area (Å²) in [6, 6.07) is 8.40. The molecule has 1 aromatic rings. The van der Waals surface area contributed by atoms with Gasteiger partial charge in [-0.05, 0) is 46.0 Å². The smallest absolute Gasteiger partial charge is 0.241 e. The van der Waals surface area contributed by atoms with E-state index in [1.807, 2.05) is 26.8 Å². The Hall–Kier alpha value is -2.19. The lowest BCUT2D eigenvalue weighted by molar-refractivity contribution is -0.124. The molecule has 0 saturated carbocycles. The number of para-hydroxylation sites is 1. The van der Waals surface area contributed by atoms with Crippen LogP contribution in [0.3, 0.4) is 0 Å². The van der Waals surface area contributed by atoms with E-state index in [2.05, 4.69) is 5.32 Å². The van der Waals surface area contributed by atoms with E-state index < -0.39 is 15.9 Å². The van der Waals surface area contributed by atoms with Crippen LogP contribution >= 0.6 is 0 Å². The standard InChI is InChI=1S/C19H27N3O4S/c1-19(2,3)20-17(23)12-21(4)13-18(24)22(15-8-6-5-7-9-15)16-10-11-27(25,26)14-16/h5-11,16H,12-14H2,1-4H3,(H,20,23)/t16-/m1/s1. The molecule has 7 nitrogen and oxygen atoms in total. The molecule has 0 saturated heterocycles. The first-order valence-corrected chi connectivity index (χ1v) is 10.5. The molecule has 1 atom stereocenters. The van der Waals surface area contributed by atoms with Gasteiger partial charge < -0.3 is 10.2 Å². The van der Waals surface area contributed by atoms with Crippen LogP contribution in [0.2, 0.25) is 0 Å². The summed E-state index contributed by atoms with van der Waals surface area (Å²) in [6.07, 6.45) is 1.53. The van der Waals surface area contributed by atoms with E-state index in [1.165, 1.54) is 11.0 Å². The third-order valence-corrected chi connectivity index (χ3v) is 5.26. The molecule has 1 N–H and O–H groups in total. The van der Waals surface area contributed by atoms with Crippen LogP contribution in [-0.2, 0) is 19.4 Å². The molecular weight excluding hydrogens is 366 g/mol. The van der Waals surface area contributed by atoms with Crippen molar-refractivity contribution in [2.24, 2.45) is 0 Å². The highest BCUT2D eigenvalue weighted by Crippen LogP contribution is 2.22. The molecule has 0 unspecified atom stereocenters. The molecule has 0 aliphatic carbocycles. The third-order valence-electron chi connectivity index (χ3n) is 3.88.